The van der Waals surface area contributed by atoms with Crippen LogP contribution in [0, 0.1) is 0 Å². The topological polar surface area (TPSA) is 72.8 Å². The summed E-state index contributed by atoms with van der Waals surface area (Å²) in [6.07, 6.45) is 29.4. The van der Waals surface area contributed by atoms with E-state index >= 15 is 0 Å². The van der Waals surface area contributed by atoms with E-state index in [1.165, 1.54) is 96.3 Å². The van der Waals surface area contributed by atoms with E-state index in [-0.39, 0.29) is 30.3 Å². The third-order valence-corrected chi connectivity index (χ3v) is 7.28. The van der Waals surface area contributed by atoms with Gasteiger partial charge in [0.25, 0.3) is 0 Å². The van der Waals surface area contributed by atoms with Gasteiger partial charge in [-0.2, -0.15) is 0 Å². The molecule has 0 heterocycles. The zero-order valence-corrected chi connectivity index (χ0v) is 28.5. The van der Waals surface area contributed by atoms with E-state index in [4.69, 9.17) is 9.47 Å². The molecule has 1 atom stereocenters. The largest absolute Gasteiger partial charge is 0.463 e. The molecule has 41 heavy (non-hydrogen) atoms. The highest BCUT2D eigenvalue weighted by Crippen LogP contribution is 2.15. The molecule has 0 aliphatic carbocycles. The van der Waals surface area contributed by atoms with E-state index in [0.717, 1.165) is 51.4 Å². The van der Waals surface area contributed by atoms with Gasteiger partial charge in [0.05, 0.1) is 18.3 Å². The Kier molecular flexibility index (Phi) is 34.2. The molecule has 0 saturated carbocycles. The normalized spacial score (nSPS) is 11.8. The van der Waals surface area contributed by atoms with Crippen molar-refractivity contribution in [1.82, 2.24) is 0 Å². The molecule has 0 aromatic carbocycles. The maximum absolute atomic E-state index is 11.3. The molecule has 1 N–H and O–H groups in total. The van der Waals surface area contributed by atoms with Crippen molar-refractivity contribution < 1.29 is 24.2 Å². The van der Waals surface area contributed by atoms with E-state index < -0.39 is 0 Å². The van der Waals surface area contributed by atoms with Crippen LogP contribution in [-0.2, 0) is 19.1 Å². The van der Waals surface area contributed by atoms with Crippen LogP contribution in [0.5, 0.6) is 0 Å². The molecular weight excluding hydrogens is 512 g/mol. The molecule has 0 spiro atoms. The standard InChI is InChI=1S/C20H42O.C16H30O4/c1-3-5-7-9-11-12-13-15-17-19-20(21)18-16-14-10-8-6-4-2;1-13(2)19-15(17)11-9-7-5-6-8-10-12-16(18)20-14(3)4/h20-21H,3-19H2,1-2H3;13-14H,5-12H2,1-4H3. The first kappa shape index (κ1) is 42.0. The molecule has 0 aromatic rings. The Morgan fingerprint density at radius 3 is 1.02 bits per heavy atom. The zero-order chi connectivity index (χ0) is 31.0. The van der Waals surface area contributed by atoms with Gasteiger partial charge < -0.3 is 14.6 Å². The molecule has 0 bridgehead atoms. The second kappa shape index (κ2) is 33.4. The lowest BCUT2D eigenvalue weighted by Crippen LogP contribution is -2.11. The van der Waals surface area contributed by atoms with E-state index in [9.17, 15) is 14.7 Å². The van der Waals surface area contributed by atoms with E-state index in [1.807, 2.05) is 27.7 Å². The highest BCUT2D eigenvalue weighted by atomic mass is 16.5. The molecule has 0 aliphatic rings. The summed E-state index contributed by atoms with van der Waals surface area (Å²) < 4.78 is 10.1. The molecule has 0 radical (unpaired) electrons. The average Bonchev–Trinajstić information content (AvgIpc) is 2.90. The molecule has 0 rings (SSSR count). The summed E-state index contributed by atoms with van der Waals surface area (Å²) in [6, 6.07) is 0. The van der Waals surface area contributed by atoms with Crippen molar-refractivity contribution in [2.75, 3.05) is 0 Å². The molecule has 5 heteroatoms. The van der Waals surface area contributed by atoms with Crippen molar-refractivity contribution in [1.29, 1.82) is 0 Å². The number of unbranched alkanes of at least 4 members (excludes halogenated alkanes) is 18. The monoisotopic (exact) mass is 585 g/mol. The summed E-state index contributed by atoms with van der Waals surface area (Å²) in [7, 11) is 0. The highest BCUT2D eigenvalue weighted by Gasteiger charge is 2.06. The Bertz CT molecular complexity index is 518. The van der Waals surface area contributed by atoms with Gasteiger partial charge in [-0.05, 0) is 53.4 Å². The fraction of sp³-hybridized carbons (Fsp3) is 0.944. The number of aliphatic hydroxyl groups is 1. The molecule has 246 valence electrons. The Morgan fingerprint density at radius 2 is 0.732 bits per heavy atom. The Morgan fingerprint density at radius 1 is 0.463 bits per heavy atom. The molecule has 0 aliphatic heterocycles. The summed E-state index contributed by atoms with van der Waals surface area (Å²) in [4.78, 5) is 22.6. The second-order valence-corrected chi connectivity index (χ2v) is 12.5. The van der Waals surface area contributed by atoms with E-state index in [1.54, 1.807) is 0 Å². The lowest BCUT2D eigenvalue weighted by Gasteiger charge is -2.10. The van der Waals surface area contributed by atoms with Crippen LogP contribution in [0.4, 0.5) is 0 Å². The van der Waals surface area contributed by atoms with Crippen LogP contribution in [0.15, 0.2) is 0 Å². The van der Waals surface area contributed by atoms with Gasteiger partial charge in [-0.3, -0.25) is 9.59 Å². The number of aliphatic hydroxyl groups excluding tert-OH is 1. The number of hydrogen-bond donors (Lipinski definition) is 1. The molecule has 1 unspecified atom stereocenters. The number of carbonyl (C=O) groups is 2. The lowest BCUT2D eigenvalue weighted by molar-refractivity contribution is -0.148. The van der Waals surface area contributed by atoms with Crippen molar-refractivity contribution in [3.8, 4) is 0 Å². The van der Waals surface area contributed by atoms with Gasteiger partial charge in [-0.15, -0.1) is 0 Å². The smallest absolute Gasteiger partial charge is 0.306 e. The molecule has 0 fully saturated rings. The summed E-state index contributed by atoms with van der Waals surface area (Å²) >= 11 is 0. The highest BCUT2D eigenvalue weighted by molar-refractivity contribution is 5.69. The number of hydrogen-bond acceptors (Lipinski definition) is 5. The quantitative estimate of drug-likeness (QED) is 0.0731. The van der Waals surface area contributed by atoms with Crippen LogP contribution < -0.4 is 0 Å². The summed E-state index contributed by atoms with van der Waals surface area (Å²) in [5, 5.41) is 9.95. The maximum Gasteiger partial charge on any atom is 0.306 e. The van der Waals surface area contributed by atoms with Gasteiger partial charge in [0.2, 0.25) is 0 Å². The predicted octanol–water partition coefficient (Wildman–Crippen LogP) is 11.0. The third kappa shape index (κ3) is 38.9. The van der Waals surface area contributed by atoms with Gasteiger partial charge >= 0.3 is 11.9 Å². The van der Waals surface area contributed by atoms with Gasteiger partial charge in [0.1, 0.15) is 0 Å². The van der Waals surface area contributed by atoms with Crippen molar-refractivity contribution in [2.24, 2.45) is 0 Å². The predicted molar refractivity (Wildman–Crippen MR) is 175 cm³/mol. The second-order valence-electron chi connectivity index (χ2n) is 12.5. The summed E-state index contributed by atoms with van der Waals surface area (Å²) in [5.74, 6) is -0.201. The van der Waals surface area contributed by atoms with Crippen LogP contribution in [0.25, 0.3) is 0 Å². The van der Waals surface area contributed by atoms with Gasteiger partial charge in [0.15, 0.2) is 0 Å². The van der Waals surface area contributed by atoms with Crippen molar-refractivity contribution in [3.05, 3.63) is 0 Å². The van der Waals surface area contributed by atoms with Gasteiger partial charge in [0, 0.05) is 12.8 Å². The first-order chi connectivity index (χ1) is 19.7. The fourth-order valence-corrected chi connectivity index (χ4v) is 4.88. The summed E-state index contributed by atoms with van der Waals surface area (Å²) in [6.45, 7) is 12.0. The Hall–Kier alpha value is -1.10. The first-order valence-electron chi connectivity index (χ1n) is 17.8. The van der Waals surface area contributed by atoms with Crippen molar-refractivity contribution in [2.45, 2.75) is 220 Å². The SMILES string of the molecule is CC(C)OC(=O)CCCCCCCCC(=O)OC(C)C.CCCCCCCCCCCC(O)CCCCCCCC. The molecular formula is C36H72O5. The Balaban J connectivity index is 0. The molecule has 0 saturated heterocycles. The number of rotatable bonds is 28. The fourth-order valence-electron chi connectivity index (χ4n) is 4.88. The summed E-state index contributed by atoms with van der Waals surface area (Å²) in [5.41, 5.74) is 0. The first-order valence-corrected chi connectivity index (χ1v) is 17.8. The van der Waals surface area contributed by atoms with Gasteiger partial charge in [-0.25, -0.2) is 0 Å². The maximum atomic E-state index is 11.3. The number of ether oxygens (including phenoxy) is 2. The minimum atomic E-state index is -0.101. The minimum absolute atomic E-state index is 0.0203. The van der Waals surface area contributed by atoms with Crippen LogP contribution in [-0.4, -0.2) is 35.4 Å². The van der Waals surface area contributed by atoms with Crippen molar-refractivity contribution >= 4 is 11.9 Å². The molecule has 5 nitrogen and oxygen atoms in total. The van der Waals surface area contributed by atoms with Gasteiger partial charge in [-0.1, -0.05) is 136 Å². The molecule has 0 amide bonds. The molecule has 0 aromatic heterocycles. The van der Waals surface area contributed by atoms with E-state index in [0.29, 0.717) is 12.8 Å². The van der Waals surface area contributed by atoms with Crippen LogP contribution in [0.1, 0.15) is 202 Å². The van der Waals surface area contributed by atoms with Crippen LogP contribution in [0.2, 0.25) is 0 Å². The average molecular weight is 585 g/mol. The number of carbonyl (C=O) groups excluding carboxylic acids is 2. The lowest BCUT2D eigenvalue weighted by atomic mass is 10.0. The number of esters is 2. The zero-order valence-electron chi connectivity index (χ0n) is 28.5. The van der Waals surface area contributed by atoms with Crippen LogP contribution >= 0.6 is 0 Å². The third-order valence-electron chi connectivity index (χ3n) is 7.28. The van der Waals surface area contributed by atoms with E-state index in [2.05, 4.69) is 13.8 Å². The minimum Gasteiger partial charge on any atom is -0.463 e. The van der Waals surface area contributed by atoms with Crippen molar-refractivity contribution in [3.63, 3.8) is 0 Å². The Labute approximate surface area is 256 Å². The van der Waals surface area contributed by atoms with Crippen LogP contribution in [0.3, 0.4) is 0 Å².